The van der Waals surface area contributed by atoms with Gasteiger partial charge in [0.25, 0.3) is 5.69 Å². The normalized spacial score (nSPS) is 10.6. The van der Waals surface area contributed by atoms with Gasteiger partial charge in [-0.1, -0.05) is 0 Å². The summed E-state index contributed by atoms with van der Waals surface area (Å²) in [7, 11) is 1.81. The summed E-state index contributed by atoms with van der Waals surface area (Å²) in [4.78, 5) is 18.0. The van der Waals surface area contributed by atoms with Gasteiger partial charge in [-0.15, -0.1) is 11.3 Å². The molecule has 0 radical (unpaired) electrons. The third kappa shape index (κ3) is 3.77. The van der Waals surface area contributed by atoms with Crippen LogP contribution in [0.4, 0.5) is 11.4 Å². The van der Waals surface area contributed by atoms with Crippen molar-refractivity contribution in [2.24, 2.45) is 0 Å². The van der Waals surface area contributed by atoms with E-state index < -0.39 is 4.92 Å². The minimum absolute atomic E-state index is 0.0463. The van der Waals surface area contributed by atoms with Crippen LogP contribution < -0.4 is 4.90 Å². The number of aryl methyl sites for hydroxylation is 1. The van der Waals surface area contributed by atoms with Gasteiger partial charge in [0.1, 0.15) is 5.69 Å². The van der Waals surface area contributed by atoms with Gasteiger partial charge in [-0.05, 0) is 24.6 Å². The molecule has 1 aromatic heterocycles. The molecule has 0 atom stereocenters. The number of aromatic nitrogens is 1. The third-order valence-corrected chi connectivity index (χ3v) is 4.13. The van der Waals surface area contributed by atoms with Gasteiger partial charge in [-0.25, -0.2) is 4.98 Å². The average Bonchev–Trinajstić information content (AvgIpc) is 2.89. The molecule has 0 spiro atoms. The summed E-state index contributed by atoms with van der Waals surface area (Å²) in [6, 6.07) is 4.66. The first kappa shape index (κ1) is 15.4. The monoisotopic (exact) mass is 307 g/mol. The lowest BCUT2D eigenvalue weighted by Crippen LogP contribution is -2.21. The minimum Gasteiger partial charge on any atom is -0.392 e. The molecule has 0 fully saturated rings. The van der Waals surface area contributed by atoms with Gasteiger partial charge in [0, 0.05) is 37.2 Å². The number of nitro groups is 1. The van der Waals surface area contributed by atoms with Crippen molar-refractivity contribution in [1.82, 2.24) is 4.98 Å². The van der Waals surface area contributed by atoms with Crippen molar-refractivity contribution in [3.8, 4) is 0 Å². The van der Waals surface area contributed by atoms with E-state index >= 15 is 0 Å². The van der Waals surface area contributed by atoms with Gasteiger partial charge in [-0.3, -0.25) is 10.1 Å². The van der Waals surface area contributed by atoms with E-state index in [1.165, 1.54) is 6.07 Å². The number of thiazole rings is 1. The Morgan fingerprint density at radius 3 is 2.81 bits per heavy atom. The van der Waals surface area contributed by atoms with Crippen LogP contribution in [0.5, 0.6) is 0 Å². The summed E-state index contributed by atoms with van der Waals surface area (Å²) in [6.45, 7) is 2.49. The first-order chi connectivity index (χ1) is 10.0. The molecule has 0 unspecified atom stereocenters. The van der Waals surface area contributed by atoms with Crippen LogP contribution >= 0.6 is 11.3 Å². The highest BCUT2D eigenvalue weighted by Crippen LogP contribution is 2.28. The molecule has 1 heterocycles. The summed E-state index contributed by atoms with van der Waals surface area (Å²) in [5, 5.41) is 21.3. The van der Waals surface area contributed by atoms with Crippen LogP contribution in [0.25, 0.3) is 0 Å². The summed E-state index contributed by atoms with van der Waals surface area (Å²) in [5.41, 5.74) is 1.22. The molecule has 2 aromatic rings. The maximum Gasteiger partial charge on any atom is 0.292 e. The highest BCUT2D eigenvalue weighted by molar-refractivity contribution is 7.11. The van der Waals surface area contributed by atoms with Crippen LogP contribution in [-0.2, 0) is 13.0 Å². The number of hydrogen-bond acceptors (Lipinski definition) is 6. The van der Waals surface area contributed by atoms with Crippen molar-refractivity contribution >= 4 is 22.7 Å². The minimum atomic E-state index is -0.402. The lowest BCUT2D eigenvalue weighted by atomic mass is 10.1. The summed E-state index contributed by atoms with van der Waals surface area (Å²) < 4.78 is 0. The molecule has 0 aliphatic rings. The maximum atomic E-state index is 11.1. The first-order valence-corrected chi connectivity index (χ1v) is 7.33. The van der Waals surface area contributed by atoms with Crippen molar-refractivity contribution in [1.29, 1.82) is 0 Å². The van der Waals surface area contributed by atoms with Crippen LogP contribution in [0.2, 0.25) is 0 Å². The Balaban J connectivity index is 2.16. The molecule has 0 bridgehead atoms. The summed E-state index contributed by atoms with van der Waals surface area (Å²) in [6.07, 6.45) is 2.56. The van der Waals surface area contributed by atoms with E-state index in [-0.39, 0.29) is 12.3 Å². The van der Waals surface area contributed by atoms with Gasteiger partial charge in [0.05, 0.1) is 16.5 Å². The fraction of sp³-hybridized carbons (Fsp3) is 0.357. The van der Waals surface area contributed by atoms with Gasteiger partial charge >= 0.3 is 0 Å². The third-order valence-electron chi connectivity index (χ3n) is 3.16. The van der Waals surface area contributed by atoms with Crippen LogP contribution in [0, 0.1) is 17.0 Å². The molecule has 1 N–H and O–H groups in total. The van der Waals surface area contributed by atoms with Gasteiger partial charge < -0.3 is 10.0 Å². The Hall–Kier alpha value is -1.99. The predicted molar refractivity (Wildman–Crippen MR) is 82.8 cm³/mol. The number of anilines is 1. The number of benzene rings is 1. The van der Waals surface area contributed by atoms with E-state index in [9.17, 15) is 15.2 Å². The highest BCUT2D eigenvalue weighted by Gasteiger charge is 2.17. The number of rotatable bonds is 6. The van der Waals surface area contributed by atoms with Gasteiger partial charge in [0.15, 0.2) is 0 Å². The molecule has 0 aliphatic heterocycles. The Morgan fingerprint density at radius 2 is 2.24 bits per heavy atom. The molecule has 0 aliphatic carbocycles. The fourth-order valence-corrected chi connectivity index (χ4v) is 2.80. The summed E-state index contributed by atoms with van der Waals surface area (Å²) in [5.74, 6) is 0. The topological polar surface area (TPSA) is 79.5 Å². The number of likely N-dealkylation sites (N-methyl/N-ethyl adjacent to an activating group) is 1. The van der Waals surface area contributed by atoms with Crippen molar-refractivity contribution in [3.05, 3.63) is 50.0 Å². The molecule has 6 nitrogen and oxygen atoms in total. The molecule has 0 saturated carbocycles. The Bertz CT molecular complexity index is 642. The fourth-order valence-electron chi connectivity index (χ4n) is 2.03. The number of hydrogen-bond donors (Lipinski definition) is 1. The van der Waals surface area contributed by atoms with Crippen LogP contribution in [-0.4, -0.2) is 28.6 Å². The van der Waals surface area contributed by atoms with Crippen molar-refractivity contribution < 1.29 is 10.0 Å². The molecule has 1 aromatic carbocycles. The van der Waals surface area contributed by atoms with Crippen LogP contribution in [0.15, 0.2) is 24.4 Å². The van der Waals surface area contributed by atoms with E-state index in [4.69, 9.17) is 0 Å². The van der Waals surface area contributed by atoms with E-state index in [0.717, 1.165) is 16.3 Å². The Morgan fingerprint density at radius 1 is 1.48 bits per heavy atom. The quantitative estimate of drug-likeness (QED) is 0.655. The number of nitrogens with zero attached hydrogens (tertiary/aromatic N) is 3. The zero-order valence-corrected chi connectivity index (χ0v) is 12.8. The van der Waals surface area contributed by atoms with Gasteiger partial charge in [-0.2, -0.15) is 0 Å². The summed E-state index contributed by atoms with van der Waals surface area (Å²) >= 11 is 1.63. The van der Waals surface area contributed by atoms with Crippen molar-refractivity contribution in [2.45, 2.75) is 20.0 Å². The largest absolute Gasteiger partial charge is 0.392 e. The number of aliphatic hydroxyl groups excluding tert-OH is 1. The van der Waals surface area contributed by atoms with E-state index in [1.54, 1.807) is 23.5 Å². The van der Waals surface area contributed by atoms with E-state index in [2.05, 4.69) is 4.98 Å². The van der Waals surface area contributed by atoms with E-state index in [0.29, 0.717) is 17.8 Å². The average molecular weight is 307 g/mol. The standard InChI is InChI=1S/C14H17N3O3S/c1-10-8-15-14(21-10)5-6-16(2)13-7-11(9-18)3-4-12(13)17(19)20/h3-4,7-8,18H,5-6,9H2,1-2H3. The zero-order valence-electron chi connectivity index (χ0n) is 11.9. The van der Waals surface area contributed by atoms with Crippen molar-refractivity contribution in [3.63, 3.8) is 0 Å². The molecule has 0 amide bonds. The SMILES string of the molecule is Cc1cnc(CCN(C)c2cc(CO)ccc2[N+](=O)[O-])s1. The Labute approximate surface area is 126 Å². The second kappa shape index (κ2) is 6.64. The molecular weight excluding hydrogens is 290 g/mol. The second-order valence-electron chi connectivity index (χ2n) is 4.77. The lowest BCUT2D eigenvalue weighted by molar-refractivity contribution is -0.384. The maximum absolute atomic E-state index is 11.1. The van der Waals surface area contributed by atoms with Crippen LogP contribution in [0.3, 0.4) is 0 Å². The lowest BCUT2D eigenvalue weighted by Gasteiger charge is -2.19. The second-order valence-corrected chi connectivity index (χ2v) is 6.09. The van der Waals surface area contributed by atoms with Crippen LogP contribution in [0.1, 0.15) is 15.4 Å². The molecule has 0 saturated heterocycles. The number of nitro benzene ring substituents is 1. The van der Waals surface area contributed by atoms with E-state index in [1.807, 2.05) is 25.1 Å². The molecule has 7 heteroatoms. The van der Waals surface area contributed by atoms with Crippen molar-refractivity contribution in [2.75, 3.05) is 18.5 Å². The Kier molecular flexibility index (Phi) is 4.87. The highest BCUT2D eigenvalue weighted by atomic mass is 32.1. The molecular formula is C14H17N3O3S. The molecule has 2 rings (SSSR count). The zero-order chi connectivity index (χ0) is 15.4. The predicted octanol–water partition coefficient (Wildman–Crippen LogP) is 2.53. The molecule has 112 valence electrons. The van der Waals surface area contributed by atoms with Gasteiger partial charge in [0.2, 0.25) is 0 Å². The molecule has 21 heavy (non-hydrogen) atoms. The number of aliphatic hydroxyl groups is 1. The first-order valence-electron chi connectivity index (χ1n) is 6.52. The smallest absolute Gasteiger partial charge is 0.292 e.